The maximum Gasteiger partial charge on any atom is 0.316 e. The van der Waals surface area contributed by atoms with E-state index in [0.29, 0.717) is 6.54 Å². The average molecular weight is 308 g/mol. The monoisotopic (exact) mass is 308 g/mol. The summed E-state index contributed by atoms with van der Waals surface area (Å²) in [6.45, 7) is 2.47. The van der Waals surface area contributed by atoms with Crippen LogP contribution in [0.25, 0.3) is 0 Å². The highest BCUT2D eigenvalue weighted by Gasteiger charge is 2.28. The summed E-state index contributed by atoms with van der Waals surface area (Å²) in [7, 11) is 0. The third-order valence-corrected chi connectivity index (χ3v) is 4.20. The van der Waals surface area contributed by atoms with Crippen LogP contribution in [0.5, 0.6) is 0 Å². The molecule has 2 amide bonds. The Morgan fingerprint density at radius 2 is 1.74 bits per heavy atom. The van der Waals surface area contributed by atoms with Crippen LogP contribution in [0.15, 0.2) is 54.6 Å². The molecule has 2 aromatic carbocycles. The average Bonchev–Trinajstić information content (AvgIpc) is 2.61. The van der Waals surface area contributed by atoms with Crippen LogP contribution < -0.4 is 10.2 Å². The van der Waals surface area contributed by atoms with Crippen molar-refractivity contribution >= 4 is 17.5 Å². The highest BCUT2D eigenvalue weighted by atomic mass is 16.2. The molecule has 118 valence electrons. The Labute approximate surface area is 136 Å². The summed E-state index contributed by atoms with van der Waals surface area (Å²) in [6.07, 6.45) is 1.83. The minimum Gasteiger partial charge on any atom is -0.341 e. The van der Waals surface area contributed by atoms with Gasteiger partial charge in [0.1, 0.15) is 0 Å². The third-order valence-electron chi connectivity index (χ3n) is 4.20. The fraction of sp³-hybridized carbons (Fsp3) is 0.263. The molecule has 0 spiro atoms. The van der Waals surface area contributed by atoms with Crippen molar-refractivity contribution in [3.63, 3.8) is 0 Å². The van der Waals surface area contributed by atoms with Gasteiger partial charge in [0.25, 0.3) is 0 Å². The molecule has 4 nitrogen and oxygen atoms in total. The van der Waals surface area contributed by atoms with E-state index in [2.05, 4.69) is 5.32 Å². The molecule has 2 aromatic rings. The second-order valence-corrected chi connectivity index (χ2v) is 5.79. The lowest BCUT2D eigenvalue weighted by Crippen LogP contribution is -2.45. The van der Waals surface area contributed by atoms with E-state index in [9.17, 15) is 9.59 Å². The van der Waals surface area contributed by atoms with Gasteiger partial charge in [0.15, 0.2) is 0 Å². The molecule has 4 heteroatoms. The molecular weight excluding hydrogens is 288 g/mol. The molecular formula is C19H20N2O2. The Morgan fingerprint density at radius 1 is 1.04 bits per heavy atom. The molecule has 1 atom stereocenters. The van der Waals surface area contributed by atoms with Gasteiger partial charge in [-0.05, 0) is 37.0 Å². The van der Waals surface area contributed by atoms with Crippen molar-refractivity contribution in [2.75, 3.05) is 11.4 Å². The number of anilines is 1. The second-order valence-electron chi connectivity index (χ2n) is 5.79. The van der Waals surface area contributed by atoms with E-state index in [1.54, 1.807) is 4.90 Å². The SMILES string of the molecule is CC(NC(=O)C(=O)N1CCCc2ccccc21)c1ccccc1. The fourth-order valence-corrected chi connectivity index (χ4v) is 2.95. The molecule has 0 fully saturated rings. The van der Waals surface area contributed by atoms with Gasteiger partial charge in [-0.3, -0.25) is 9.59 Å². The van der Waals surface area contributed by atoms with Crippen LogP contribution in [-0.2, 0) is 16.0 Å². The molecule has 23 heavy (non-hydrogen) atoms. The van der Waals surface area contributed by atoms with E-state index in [1.807, 2.05) is 61.5 Å². The number of fused-ring (bicyclic) bond motifs is 1. The molecule has 0 saturated heterocycles. The molecule has 0 aromatic heterocycles. The van der Waals surface area contributed by atoms with Crippen LogP contribution in [0.1, 0.15) is 30.5 Å². The predicted molar refractivity (Wildman–Crippen MR) is 90.1 cm³/mol. The zero-order valence-electron chi connectivity index (χ0n) is 13.2. The largest absolute Gasteiger partial charge is 0.341 e. The number of benzene rings is 2. The van der Waals surface area contributed by atoms with Gasteiger partial charge in [-0.15, -0.1) is 0 Å². The highest BCUT2D eigenvalue weighted by Crippen LogP contribution is 2.26. The van der Waals surface area contributed by atoms with Gasteiger partial charge in [-0.25, -0.2) is 0 Å². The molecule has 1 N–H and O–H groups in total. The number of amides is 2. The van der Waals surface area contributed by atoms with Gasteiger partial charge < -0.3 is 10.2 Å². The topological polar surface area (TPSA) is 49.4 Å². The zero-order chi connectivity index (χ0) is 16.2. The maximum atomic E-state index is 12.5. The van der Waals surface area contributed by atoms with Gasteiger partial charge in [0, 0.05) is 12.2 Å². The first-order chi connectivity index (χ1) is 11.2. The van der Waals surface area contributed by atoms with Crippen molar-refractivity contribution in [1.29, 1.82) is 0 Å². The highest BCUT2D eigenvalue weighted by molar-refractivity contribution is 6.40. The Bertz CT molecular complexity index is 712. The summed E-state index contributed by atoms with van der Waals surface area (Å²) >= 11 is 0. The van der Waals surface area contributed by atoms with E-state index in [1.165, 1.54) is 0 Å². The van der Waals surface area contributed by atoms with Gasteiger partial charge >= 0.3 is 11.8 Å². The van der Waals surface area contributed by atoms with E-state index < -0.39 is 11.8 Å². The Morgan fingerprint density at radius 3 is 2.52 bits per heavy atom. The first-order valence-corrected chi connectivity index (χ1v) is 7.92. The van der Waals surface area contributed by atoms with Crippen LogP contribution >= 0.6 is 0 Å². The number of rotatable bonds is 2. The van der Waals surface area contributed by atoms with Crippen LogP contribution in [-0.4, -0.2) is 18.4 Å². The number of hydrogen-bond acceptors (Lipinski definition) is 2. The Balaban J connectivity index is 1.72. The third kappa shape index (κ3) is 3.26. The van der Waals surface area contributed by atoms with Crippen molar-refractivity contribution in [3.05, 3.63) is 65.7 Å². The summed E-state index contributed by atoms with van der Waals surface area (Å²) in [5.41, 5.74) is 2.95. The number of aryl methyl sites for hydroxylation is 1. The van der Waals surface area contributed by atoms with Crippen molar-refractivity contribution < 1.29 is 9.59 Å². The first-order valence-electron chi connectivity index (χ1n) is 7.92. The molecule has 1 heterocycles. The van der Waals surface area contributed by atoms with Crippen LogP contribution in [0.2, 0.25) is 0 Å². The molecule has 1 unspecified atom stereocenters. The maximum absolute atomic E-state index is 12.5. The minimum atomic E-state index is -0.557. The normalized spacial score (nSPS) is 14.7. The van der Waals surface area contributed by atoms with Gasteiger partial charge in [0.2, 0.25) is 0 Å². The van der Waals surface area contributed by atoms with Gasteiger partial charge in [0.05, 0.1) is 6.04 Å². The Hall–Kier alpha value is -2.62. The molecule has 0 saturated carbocycles. The van der Waals surface area contributed by atoms with E-state index in [4.69, 9.17) is 0 Å². The molecule has 0 bridgehead atoms. The van der Waals surface area contributed by atoms with Crippen LogP contribution in [0.4, 0.5) is 5.69 Å². The fourth-order valence-electron chi connectivity index (χ4n) is 2.95. The van der Waals surface area contributed by atoms with Crippen molar-refractivity contribution in [2.45, 2.75) is 25.8 Å². The molecule has 1 aliphatic rings. The minimum absolute atomic E-state index is 0.201. The smallest absolute Gasteiger partial charge is 0.316 e. The lowest BCUT2D eigenvalue weighted by atomic mass is 10.0. The molecule has 3 rings (SSSR count). The van der Waals surface area contributed by atoms with E-state index in [-0.39, 0.29) is 6.04 Å². The summed E-state index contributed by atoms with van der Waals surface area (Å²) in [6, 6.07) is 17.2. The van der Waals surface area contributed by atoms with Gasteiger partial charge in [-0.2, -0.15) is 0 Å². The number of para-hydroxylation sites is 1. The van der Waals surface area contributed by atoms with Crippen LogP contribution in [0, 0.1) is 0 Å². The quantitative estimate of drug-likeness (QED) is 0.867. The number of nitrogens with one attached hydrogen (secondary N) is 1. The lowest BCUT2D eigenvalue weighted by Gasteiger charge is -2.29. The first kappa shape index (κ1) is 15.3. The summed E-state index contributed by atoms with van der Waals surface area (Å²) in [4.78, 5) is 26.5. The lowest BCUT2D eigenvalue weighted by molar-refractivity contribution is -0.138. The second kappa shape index (κ2) is 6.65. The summed E-state index contributed by atoms with van der Waals surface area (Å²) in [5.74, 6) is -1.04. The predicted octanol–water partition coefficient (Wildman–Crippen LogP) is 2.84. The van der Waals surface area contributed by atoms with Gasteiger partial charge in [-0.1, -0.05) is 48.5 Å². The van der Waals surface area contributed by atoms with Crippen LogP contribution in [0.3, 0.4) is 0 Å². The molecule has 0 radical (unpaired) electrons. The van der Waals surface area contributed by atoms with E-state index in [0.717, 1.165) is 29.7 Å². The molecule has 0 aliphatic carbocycles. The van der Waals surface area contributed by atoms with Crippen molar-refractivity contribution in [3.8, 4) is 0 Å². The van der Waals surface area contributed by atoms with Crippen molar-refractivity contribution in [2.24, 2.45) is 0 Å². The van der Waals surface area contributed by atoms with E-state index >= 15 is 0 Å². The number of carbonyl (C=O) groups is 2. The standard InChI is InChI=1S/C19H20N2O2/c1-14(15-8-3-2-4-9-15)20-18(22)19(23)21-13-7-11-16-10-5-6-12-17(16)21/h2-6,8-10,12,14H,7,11,13H2,1H3,(H,20,22). The summed E-state index contributed by atoms with van der Waals surface area (Å²) in [5, 5.41) is 2.79. The summed E-state index contributed by atoms with van der Waals surface area (Å²) < 4.78 is 0. The molecule has 1 aliphatic heterocycles. The number of nitrogens with zero attached hydrogens (tertiary/aromatic N) is 1. The Kier molecular flexibility index (Phi) is 4.42. The number of carbonyl (C=O) groups excluding carboxylic acids is 2. The zero-order valence-corrected chi connectivity index (χ0v) is 13.2. The number of hydrogen-bond donors (Lipinski definition) is 1. The van der Waals surface area contributed by atoms with Crippen molar-refractivity contribution in [1.82, 2.24) is 5.32 Å².